The molecule has 2 N–H and O–H groups in total. The van der Waals surface area contributed by atoms with E-state index in [1.165, 1.54) is 13.0 Å². The molecule has 0 saturated heterocycles. The van der Waals surface area contributed by atoms with Crippen molar-refractivity contribution in [1.29, 1.82) is 0 Å². The second-order valence-corrected chi connectivity index (χ2v) is 10.6. The van der Waals surface area contributed by atoms with Crippen molar-refractivity contribution in [2.24, 2.45) is 0 Å². The Morgan fingerprint density at radius 3 is 2.32 bits per heavy atom. The van der Waals surface area contributed by atoms with E-state index in [0.717, 1.165) is 54.3 Å². The van der Waals surface area contributed by atoms with Gasteiger partial charge in [0.05, 0.1) is 5.56 Å². The first kappa shape index (κ1) is 28.4. The normalized spacial score (nSPS) is 15.6. The van der Waals surface area contributed by atoms with Gasteiger partial charge in [-0.1, -0.05) is 36.6 Å². The minimum atomic E-state index is -4.66. The standard InChI is InChI=1S/C26H30F3N3O4S/c1-17-10-12-21(13-11-17)30-23(33)15-37(36)16-24(34)32(18(2)25(35)31-20-7-3-4-8-20)22-9-5-6-19(14-22)26(27,28)29/h5-6,9-14,18,20H,3-4,7-8,15-16H2,1-2H3,(H,30,33)(H,31,35)/t18-,37-/m1/s1. The minimum absolute atomic E-state index is 0.0620. The number of halogens is 3. The van der Waals surface area contributed by atoms with Crippen LogP contribution >= 0.6 is 0 Å². The van der Waals surface area contributed by atoms with Gasteiger partial charge in [-0.3, -0.25) is 23.5 Å². The maximum absolute atomic E-state index is 13.3. The van der Waals surface area contributed by atoms with Crippen molar-refractivity contribution >= 4 is 39.9 Å². The van der Waals surface area contributed by atoms with Crippen LogP contribution in [0.25, 0.3) is 0 Å². The van der Waals surface area contributed by atoms with E-state index >= 15 is 0 Å². The molecule has 1 aliphatic carbocycles. The number of anilines is 2. The molecule has 200 valence electrons. The van der Waals surface area contributed by atoms with E-state index in [1.54, 1.807) is 24.3 Å². The maximum atomic E-state index is 13.3. The molecule has 0 aromatic heterocycles. The van der Waals surface area contributed by atoms with Crippen molar-refractivity contribution < 1.29 is 31.8 Å². The molecular weight excluding hydrogens is 507 g/mol. The molecule has 2 atom stereocenters. The summed E-state index contributed by atoms with van der Waals surface area (Å²) < 4.78 is 52.7. The Labute approximate surface area is 216 Å². The zero-order valence-electron chi connectivity index (χ0n) is 20.6. The number of carbonyl (C=O) groups is 3. The Morgan fingerprint density at radius 1 is 1.05 bits per heavy atom. The van der Waals surface area contributed by atoms with Crippen molar-refractivity contribution in [1.82, 2.24) is 5.32 Å². The van der Waals surface area contributed by atoms with Gasteiger partial charge in [-0.2, -0.15) is 13.2 Å². The first-order valence-corrected chi connectivity index (χ1v) is 13.4. The van der Waals surface area contributed by atoms with Gasteiger partial charge < -0.3 is 10.6 Å². The Balaban J connectivity index is 1.75. The smallest absolute Gasteiger partial charge is 0.352 e. The lowest BCUT2D eigenvalue weighted by atomic mass is 10.1. The number of nitrogens with one attached hydrogen (secondary N) is 2. The van der Waals surface area contributed by atoms with Crippen molar-refractivity contribution in [2.75, 3.05) is 21.7 Å². The SMILES string of the molecule is Cc1ccc(NC(=O)C[S@@](=O)CC(=O)N(c2cccc(C(F)(F)F)c2)[C@H](C)C(=O)NC2CCCC2)cc1. The molecule has 0 unspecified atom stereocenters. The predicted molar refractivity (Wildman–Crippen MR) is 136 cm³/mol. The molecule has 3 rings (SSSR count). The number of hydrogen-bond acceptors (Lipinski definition) is 4. The number of benzene rings is 2. The van der Waals surface area contributed by atoms with E-state index in [0.29, 0.717) is 5.69 Å². The molecule has 0 bridgehead atoms. The second-order valence-electron chi connectivity index (χ2n) is 9.12. The van der Waals surface area contributed by atoms with Gasteiger partial charge in [0.25, 0.3) is 0 Å². The summed E-state index contributed by atoms with van der Waals surface area (Å²) in [5.41, 5.74) is 0.370. The quantitative estimate of drug-likeness (QED) is 0.502. The average Bonchev–Trinajstić information content (AvgIpc) is 3.33. The molecule has 1 saturated carbocycles. The highest BCUT2D eigenvalue weighted by atomic mass is 32.2. The van der Waals surface area contributed by atoms with Gasteiger partial charge in [0.2, 0.25) is 17.7 Å². The zero-order valence-corrected chi connectivity index (χ0v) is 21.5. The van der Waals surface area contributed by atoms with Crippen LogP contribution < -0.4 is 15.5 Å². The number of hydrogen-bond donors (Lipinski definition) is 2. The van der Waals surface area contributed by atoms with Crippen LogP contribution in [0, 0.1) is 6.92 Å². The Bertz CT molecular complexity index is 1150. The fourth-order valence-electron chi connectivity index (χ4n) is 4.16. The molecule has 2 aromatic carbocycles. The van der Waals surface area contributed by atoms with Gasteiger partial charge in [-0.15, -0.1) is 0 Å². The lowest BCUT2D eigenvalue weighted by Crippen LogP contribution is -2.51. The van der Waals surface area contributed by atoms with Crippen LogP contribution in [0.2, 0.25) is 0 Å². The van der Waals surface area contributed by atoms with Crippen molar-refractivity contribution in [3.8, 4) is 0 Å². The lowest BCUT2D eigenvalue weighted by Gasteiger charge is -2.30. The van der Waals surface area contributed by atoms with Gasteiger partial charge in [0, 0.05) is 28.2 Å². The van der Waals surface area contributed by atoms with Gasteiger partial charge in [-0.05, 0) is 57.0 Å². The fourth-order valence-corrected chi connectivity index (χ4v) is 5.04. The zero-order chi connectivity index (χ0) is 27.2. The molecule has 1 fully saturated rings. The number of nitrogens with zero attached hydrogens (tertiary/aromatic N) is 1. The molecule has 11 heteroatoms. The van der Waals surface area contributed by atoms with E-state index in [9.17, 15) is 31.8 Å². The summed E-state index contributed by atoms with van der Waals surface area (Å²) in [6, 6.07) is 9.81. The van der Waals surface area contributed by atoms with E-state index in [2.05, 4.69) is 10.6 Å². The molecule has 2 aromatic rings. The predicted octanol–water partition coefficient (Wildman–Crippen LogP) is 4.18. The van der Waals surface area contributed by atoms with Gasteiger partial charge in [-0.25, -0.2) is 0 Å². The largest absolute Gasteiger partial charge is 0.416 e. The third kappa shape index (κ3) is 8.14. The average molecular weight is 538 g/mol. The third-order valence-electron chi connectivity index (χ3n) is 6.10. The molecule has 3 amide bonds. The number of carbonyl (C=O) groups excluding carboxylic acids is 3. The highest BCUT2D eigenvalue weighted by Crippen LogP contribution is 2.32. The number of amides is 3. The summed E-state index contributed by atoms with van der Waals surface area (Å²) in [5.74, 6) is -3.04. The molecule has 0 radical (unpaired) electrons. The summed E-state index contributed by atoms with van der Waals surface area (Å²) in [6.45, 7) is 3.30. The minimum Gasteiger partial charge on any atom is -0.352 e. The summed E-state index contributed by atoms with van der Waals surface area (Å²) in [7, 11) is -1.97. The molecule has 0 heterocycles. The number of alkyl halides is 3. The van der Waals surface area contributed by atoms with Crippen molar-refractivity contribution in [2.45, 2.75) is 57.8 Å². The summed E-state index contributed by atoms with van der Waals surface area (Å²) in [6.07, 6.45) is -1.17. The van der Waals surface area contributed by atoms with Crippen LogP contribution in [0.15, 0.2) is 48.5 Å². The van der Waals surface area contributed by atoms with E-state index in [-0.39, 0.29) is 11.7 Å². The van der Waals surface area contributed by atoms with E-state index in [4.69, 9.17) is 0 Å². The number of rotatable bonds is 9. The Morgan fingerprint density at radius 2 is 1.70 bits per heavy atom. The van der Waals surface area contributed by atoms with E-state index in [1.807, 2.05) is 6.92 Å². The lowest BCUT2D eigenvalue weighted by molar-refractivity contribution is -0.137. The topological polar surface area (TPSA) is 95.6 Å². The van der Waals surface area contributed by atoms with Crippen LogP contribution in [0.4, 0.5) is 24.5 Å². The molecule has 7 nitrogen and oxygen atoms in total. The Hall–Kier alpha value is -3.21. The number of aryl methyl sites for hydroxylation is 1. The summed E-state index contributed by atoms with van der Waals surface area (Å²) >= 11 is 0. The third-order valence-corrected chi connectivity index (χ3v) is 7.25. The first-order chi connectivity index (χ1) is 17.4. The fraction of sp³-hybridized carbons (Fsp3) is 0.423. The van der Waals surface area contributed by atoms with Gasteiger partial charge in [0.1, 0.15) is 17.5 Å². The highest BCUT2D eigenvalue weighted by molar-refractivity contribution is 7.86. The van der Waals surface area contributed by atoms with Crippen LogP contribution in [0.1, 0.15) is 43.7 Å². The van der Waals surface area contributed by atoms with Crippen LogP contribution in [-0.2, 0) is 31.4 Å². The van der Waals surface area contributed by atoms with E-state index < -0.39 is 57.8 Å². The monoisotopic (exact) mass is 537 g/mol. The van der Waals surface area contributed by atoms with Crippen molar-refractivity contribution in [3.05, 3.63) is 59.7 Å². The second kappa shape index (κ2) is 12.4. The highest BCUT2D eigenvalue weighted by Gasteiger charge is 2.34. The molecule has 0 aliphatic heterocycles. The maximum Gasteiger partial charge on any atom is 0.416 e. The van der Waals surface area contributed by atoms with Crippen LogP contribution in [-0.4, -0.2) is 45.5 Å². The van der Waals surface area contributed by atoms with Crippen LogP contribution in [0.3, 0.4) is 0 Å². The van der Waals surface area contributed by atoms with Gasteiger partial charge >= 0.3 is 6.18 Å². The summed E-state index contributed by atoms with van der Waals surface area (Å²) in [4.78, 5) is 39.4. The van der Waals surface area contributed by atoms with Crippen LogP contribution in [0.5, 0.6) is 0 Å². The summed E-state index contributed by atoms with van der Waals surface area (Å²) in [5, 5.41) is 5.44. The van der Waals surface area contributed by atoms with Crippen molar-refractivity contribution in [3.63, 3.8) is 0 Å². The molecule has 0 spiro atoms. The molecule has 1 aliphatic rings. The molecule has 37 heavy (non-hydrogen) atoms. The first-order valence-electron chi connectivity index (χ1n) is 11.9. The Kier molecular flexibility index (Phi) is 9.47. The molecular formula is C26H30F3N3O4S. The van der Waals surface area contributed by atoms with Gasteiger partial charge in [0.15, 0.2) is 0 Å².